The molecule has 5 rings (SSSR count). The van der Waals surface area contributed by atoms with Gasteiger partial charge in [0.15, 0.2) is 0 Å². The molecular weight excluding hydrogens is 446 g/mol. The van der Waals surface area contributed by atoms with Crippen molar-refractivity contribution in [2.45, 2.75) is 13.3 Å². The summed E-state index contributed by atoms with van der Waals surface area (Å²) in [5.41, 5.74) is 2.27. The average molecular weight is 462 g/mol. The molecule has 3 aromatic heterocycles. The van der Waals surface area contributed by atoms with Crippen LogP contribution in [0.4, 0.5) is 0 Å². The van der Waals surface area contributed by atoms with Crippen molar-refractivity contribution >= 4 is 34.0 Å². The van der Waals surface area contributed by atoms with E-state index < -0.39 is 5.56 Å². The Bertz CT molecular complexity index is 1620. The third-order valence-electron chi connectivity index (χ3n) is 4.98. The maximum absolute atomic E-state index is 12.9. The summed E-state index contributed by atoms with van der Waals surface area (Å²) in [5.74, 6) is 1.09. The molecule has 8 heteroatoms. The Labute approximate surface area is 191 Å². The van der Waals surface area contributed by atoms with Crippen LogP contribution in [0.2, 0.25) is 5.02 Å². The lowest BCUT2D eigenvalue weighted by Crippen LogP contribution is -2.28. The molecule has 6 nitrogen and oxygen atoms in total. The predicted molar refractivity (Wildman–Crippen MR) is 125 cm³/mol. The van der Waals surface area contributed by atoms with E-state index in [1.54, 1.807) is 24.3 Å². The fourth-order valence-corrected chi connectivity index (χ4v) is 4.43. The van der Waals surface area contributed by atoms with E-state index in [1.807, 2.05) is 49.4 Å². The van der Waals surface area contributed by atoms with Gasteiger partial charge in [-0.15, -0.1) is 0 Å². The van der Waals surface area contributed by atoms with Gasteiger partial charge < -0.3 is 4.42 Å². The summed E-state index contributed by atoms with van der Waals surface area (Å²) >= 11 is 7.33. The highest BCUT2D eigenvalue weighted by atomic mass is 35.5. The fraction of sp³-hybridized carbons (Fsp3) is 0.0833. The molecule has 32 heavy (non-hydrogen) atoms. The van der Waals surface area contributed by atoms with Gasteiger partial charge in [0.25, 0.3) is 11.1 Å². The van der Waals surface area contributed by atoms with Crippen LogP contribution in [0, 0.1) is 6.92 Å². The Balaban J connectivity index is 1.53. The quantitative estimate of drug-likeness (QED) is 0.406. The molecule has 0 saturated carbocycles. The van der Waals surface area contributed by atoms with Crippen LogP contribution in [-0.2, 0) is 6.42 Å². The van der Waals surface area contributed by atoms with Gasteiger partial charge in [0.05, 0.1) is 5.02 Å². The number of furan rings is 1. The second-order valence-electron chi connectivity index (χ2n) is 7.32. The zero-order chi connectivity index (χ0) is 22.2. The van der Waals surface area contributed by atoms with Crippen LogP contribution in [0.15, 0.2) is 74.7 Å². The molecule has 0 aliphatic rings. The molecule has 2 aromatic carbocycles. The van der Waals surface area contributed by atoms with Gasteiger partial charge >= 0.3 is 0 Å². The van der Waals surface area contributed by atoms with Crippen LogP contribution in [-0.4, -0.2) is 14.6 Å². The molecule has 0 bridgehead atoms. The van der Waals surface area contributed by atoms with Crippen LogP contribution in [0.1, 0.15) is 22.6 Å². The monoisotopic (exact) mass is 461 g/mol. The lowest BCUT2D eigenvalue weighted by molar-refractivity contribution is 0.571. The molecule has 0 unspecified atom stereocenters. The Morgan fingerprint density at radius 1 is 1.06 bits per heavy atom. The first-order valence-corrected chi connectivity index (χ1v) is 11.0. The van der Waals surface area contributed by atoms with Crippen molar-refractivity contribution in [1.82, 2.24) is 14.6 Å². The van der Waals surface area contributed by atoms with E-state index in [2.05, 4.69) is 10.1 Å². The Morgan fingerprint density at radius 2 is 1.84 bits per heavy atom. The number of thiazole rings is 1. The van der Waals surface area contributed by atoms with Crippen molar-refractivity contribution in [3.63, 3.8) is 0 Å². The lowest BCUT2D eigenvalue weighted by atomic mass is 10.1. The molecule has 0 aliphatic carbocycles. The van der Waals surface area contributed by atoms with E-state index in [0.29, 0.717) is 27.5 Å². The number of hydrogen-bond donors (Lipinski definition) is 0. The van der Waals surface area contributed by atoms with Gasteiger partial charge in [-0.05, 0) is 36.8 Å². The average Bonchev–Trinajstić information content (AvgIpc) is 3.35. The minimum atomic E-state index is -0.433. The number of rotatable bonds is 4. The highest BCUT2D eigenvalue weighted by Crippen LogP contribution is 2.29. The number of nitrogens with zero attached hydrogens (tertiary/aromatic N) is 3. The third-order valence-corrected chi connectivity index (χ3v) is 6.27. The normalized spacial score (nSPS) is 12.0. The Kier molecular flexibility index (Phi) is 5.20. The molecule has 0 fully saturated rings. The molecule has 0 N–H and O–H groups in total. The van der Waals surface area contributed by atoms with Gasteiger partial charge in [0, 0.05) is 18.1 Å². The van der Waals surface area contributed by atoms with E-state index in [0.717, 1.165) is 28.0 Å². The topological polar surface area (TPSA) is 77.5 Å². The summed E-state index contributed by atoms with van der Waals surface area (Å²) < 4.78 is 7.41. The smallest absolute Gasteiger partial charge is 0.296 e. The molecule has 0 amide bonds. The van der Waals surface area contributed by atoms with Crippen LogP contribution in [0.25, 0.3) is 22.4 Å². The van der Waals surface area contributed by atoms with E-state index in [-0.39, 0.29) is 16.2 Å². The van der Waals surface area contributed by atoms with E-state index in [4.69, 9.17) is 16.0 Å². The molecule has 0 atom stereocenters. The van der Waals surface area contributed by atoms with E-state index in [9.17, 15) is 9.59 Å². The summed E-state index contributed by atoms with van der Waals surface area (Å²) in [6, 6.07) is 18.7. The molecular formula is C24H16ClN3O3S. The summed E-state index contributed by atoms with van der Waals surface area (Å²) in [6.45, 7) is 1.99. The van der Waals surface area contributed by atoms with Gasteiger partial charge in [-0.1, -0.05) is 64.9 Å². The number of fused-ring (bicyclic) bond motifs is 1. The summed E-state index contributed by atoms with van der Waals surface area (Å²) in [6.07, 6.45) is 1.93. The molecule has 0 spiro atoms. The van der Waals surface area contributed by atoms with Gasteiger partial charge in [-0.2, -0.15) is 14.6 Å². The van der Waals surface area contributed by atoms with Gasteiger partial charge in [-0.3, -0.25) is 9.59 Å². The van der Waals surface area contributed by atoms with Gasteiger partial charge in [-0.25, -0.2) is 0 Å². The summed E-state index contributed by atoms with van der Waals surface area (Å²) in [7, 11) is 0. The highest BCUT2D eigenvalue weighted by molar-refractivity contribution is 7.15. The number of aryl methyl sites for hydroxylation is 1. The van der Waals surface area contributed by atoms with Crippen molar-refractivity contribution in [3.8, 4) is 11.3 Å². The van der Waals surface area contributed by atoms with Crippen molar-refractivity contribution in [3.05, 3.63) is 114 Å². The molecule has 0 radical (unpaired) electrons. The van der Waals surface area contributed by atoms with Gasteiger partial charge in [0.2, 0.25) is 4.96 Å². The summed E-state index contributed by atoms with van der Waals surface area (Å²) in [5, 5.41) is 4.87. The number of halogens is 1. The van der Waals surface area contributed by atoms with Crippen molar-refractivity contribution < 1.29 is 4.42 Å². The van der Waals surface area contributed by atoms with Crippen LogP contribution in [0.5, 0.6) is 0 Å². The zero-order valence-corrected chi connectivity index (χ0v) is 18.5. The SMILES string of the molecule is Cc1ccc(Cc2nn3c(=O)/c(=C\c4ccc(-c5ccccc5Cl)o4)sc3nc2=O)cc1. The van der Waals surface area contributed by atoms with E-state index >= 15 is 0 Å². The second-order valence-corrected chi connectivity index (χ2v) is 8.73. The Morgan fingerprint density at radius 3 is 2.62 bits per heavy atom. The molecule has 5 aromatic rings. The van der Waals surface area contributed by atoms with Crippen LogP contribution in [0.3, 0.4) is 0 Å². The standard InChI is InChI=1S/C24H16ClN3O3S/c1-14-6-8-15(9-7-14)12-19-22(29)26-24-28(27-19)23(30)21(32-24)13-16-10-11-20(31-16)17-4-2-3-5-18(17)25/h2-11,13H,12H2,1H3/b21-13+. The lowest BCUT2D eigenvalue weighted by Gasteiger charge is -2.01. The summed E-state index contributed by atoms with van der Waals surface area (Å²) in [4.78, 5) is 29.7. The fourth-order valence-electron chi connectivity index (χ4n) is 3.32. The van der Waals surface area contributed by atoms with Crippen molar-refractivity contribution in [1.29, 1.82) is 0 Å². The molecule has 0 aliphatic heterocycles. The van der Waals surface area contributed by atoms with Crippen molar-refractivity contribution in [2.75, 3.05) is 0 Å². The van der Waals surface area contributed by atoms with Gasteiger partial charge in [0.1, 0.15) is 21.7 Å². The first kappa shape index (κ1) is 20.4. The third kappa shape index (κ3) is 3.88. The first-order valence-electron chi connectivity index (χ1n) is 9.83. The maximum Gasteiger partial charge on any atom is 0.296 e. The minimum absolute atomic E-state index is 0.229. The number of hydrogen-bond acceptors (Lipinski definition) is 6. The highest BCUT2D eigenvalue weighted by Gasteiger charge is 2.13. The maximum atomic E-state index is 12.9. The molecule has 158 valence electrons. The second kappa shape index (κ2) is 8.18. The largest absolute Gasteiger partial charge is 0.457 e. The van der Waals surface area contributed by atoms with Crippen LogP contribution < -0.4 is 15.7 Å². The van der Waals surface area contributed by atoms with Crippen LogP contribution >= 0.6 is 22.9 Å². The molecule has 3 heterocycles. The molecule has 0 saturated heterocycles. The Hall–Kier alpha value is -3.55. The number of benzene rings is 2. The van der Waals surface area contributed by atoms with E-state index in [1.165, 1.54) is 4.52 Å². The minimum Gasteiger partial charge on any atom is -0.457 e. The number of aromatic nitrogens is 3. The predicted octanol–water partition coefficient (Wildman–Crippen LogP) is 3.87. The first-order chi connectivity index (χ1) is 15.5. The van der Waals surface area contributed by atoms with Crippen molar-refractivity contribution in [2.24, 2.45) is 0 Å². The zero-order valence-electron chi connectivity index (χ0n) is 16.9.